The van der Waals surface area contributed by atoms with Gasteiger partial charge in [0.1, 0.15) is 5.75 Å². The Morgan fingerprint density at radius 2 is 1.66 bits per heavy atom. The van der Waals surface area contributed by atoms with E-state index in [1.165, 1.54) is 12.8 Å². The first-order valence-electron chi connectivity index (χ1n) is 11.1. The van der Waals surface area contributed by atoms with Crippen molar-refractivity contribution < 1.29 is 14.3 Å². The Morgan fingerprint density at radius 3 is 2.38 bits per heavy atom. The molecule has 6 nitrogen and oxygen atoms in total. The fourth-order valence-corrected chi connectivity index (χ4v) is 4.98. The average Bonchev–Trinajstić information content (AvgIpc) is 3.05. The second-order valence-electron chi connectivity index (χ2n) is 8.85. The van der Waals surface area contributed by atoms with E-state index in [-0.39, 0.29) is 18.4 Å². The van der Waals surface area contributed by atoms with Crippen LogP contribution in [-0.2, 0) is 4.79 Å². The molecule has 0 aliphatic carbocycles. The lowest BCUT2D eigenvalue weighted by atomic mass is 10.0. The van der Waals surface area contributed by atoms with Crippen LogP contribution in [0, 0.1) is 13.8 Å². The van der Waals surface area contributed by atoms with Crippen molar-refractivity contribution in [2.45, 2.75) is 64.5 Å². The summed E-state index contributed by atoms with van der Waals surface area (Å²) in [6, 6.07) is 4.81. The summed E-state index contributed by atoms with van der Waals surface area (Å²) in [4.78, 5) is 29.4. The van der Waals surface area contributed by atoms with Crippen molar-refractivity contribution in [3.8, 4) is 5.75 Å². The first-order chi connectivity index (χ1) is 14.0. The number of hydrogen-bond acceptors (Lipinski definition) is 4. The topological polar surface area (TPSA) is 61.9 Å². The Morgan fingerprint density at radius 1 is 0.966 bits per heavy atom. The van der Waals surface area contributed by atoms with Gasteiger partial charge in [-0.05, 0) is 75.6 Å². The van der Waals surface area contributed by atoms with Crippen molar-refractivity contribution in [2.24, 2.45) is 0 Å². The molecule has 4 rings (SSSR count). The van der Waals surface area contributed by atoms with Crippen molar-refractivity contribution in [3.63, 3.8) is 0 Å². The second kappa shape index (κ2) is 8.74. The fraction of sp³-hybridized carbons (Fsp3) is 0.652. The Hall–Kier alpha value is -2.08. The van der Waals surface area contributed by atoms with E-state index in [4.69, 9.17) is 4.74 Å². The molecule has 2 amide bonds. The molecule has 3 aliphatic rings. The molecule has 0 saturated carbocycles. The van der Waals surface area contributed by atoms with Crippen LogP contribution in [0.15, 0.2) is 12.1 Å². The zero-order chi connectivity index (χ0) is 20.4. The molecule has 2 bridgehead atoms. The number of benzene rings is 1. The smallest absolute Gasteiger partial charge is 0.260 e. The van der Waals surface area contributed by atoms with Crippen LogP contribution in [0.3, 0.4) is 0 Å². The van der Waals surface area contributed by atoms with Crippen LogP contribution in [0.25, 0.3) is 0 Å². The van der Waals surface area contributed by atoms with E-state index in [1.807, 2.05) is 35.8 Å². The normalized spacial score (nSPS) is 24.3. The zero-order valence-electron chi connectivity index (χ0n) is 17.7. The molecule has 158 valence electrons. The lowest BCUT2D eigenvalue weighted by molar-refractivity contribution is -0.134. The number of aryl methyl sites for hydroxylation is 2. The summed E-state index contributed by atoms with van der Waals surface area (Å²) in [7, 11) is 0. The van der Waals surface area contributed by atoms with Crippen LogP contribution in [-0.4, -0.2) is 66.5 Å². The number of piperidine rings is 1. The minimum absolute atomic E-state index is 0.0516. The molecule has 1 N–H and O–H groups in total. The Kier molecular flexibility index (Phi) is 6.09. The SMILES string of the molecule is Cc1cc(C(=O)N2CCC3CCC(C2)N3)cc(C)c1OCC(=O)N1CCCCC1. The predicted octanol–water partition coefficient (Wildman–Crippen LogP) is 2.66. The summed E-state index contributed by atoms with van der Waals surface area (Å²) in [6.07, 6.45) is 6.77. The molecule has 3 saturated heterocycles. The van der Waals surface area contributed by atoms with Crippen molar-refractivity contribution in [1.29, 1.82) is 0 Å². The molecule has 0 spiro atoms. The number of rotatable bonds is 4. The monoisotopic (exact) mass is 399 g/mol. The minimum Gasteiger partial charge on any atom is -0.483 e. The van der Waals surface area contributed by atoms with Crippen molar-refractivity contribution >= 4 is 11.8 Å². The largest absolute Gasteiger partial charge is 0.483 e. The maximum atomic E-state index is 13.1. The molecule has 2 atom stereocenters. The van der Waals surface area contributed by atoms with Gasteiger partial charge in [-0.2, -0.15) is 0 Å². The van der Waals surface area contributed by atoms with Crippen LogP contribution in [0.1, 0.15) is 60.0 Å². The van der Waals surface area contributed by atoms with Crippen LogP contribution < -0.4 is 10.1 Å². The lowest BCUT2D eigenvalue weighted by Gasteiger charge is -2.27. The fourth-order valence-electron chi connectivity index (χ4n) is 4.98. The van der Waals surface area contributed by atoms with E-state index in [9.17, 15) is 9.59 Å². The quantitative estimate of drug-likeness (QED) is 0.846. The van der Waals surface area contributed by atoms with Gasteiger partial charge in [0, 0.05) is 43.8 Å². The number of nitrogens with zero attached hydrogens (tertiary/aromatic N) is 2. The van der Waals surface area contributed by atoms with Crippen molar-refractivity contribution in [3.05, 3.63) is 28.8 Å². The third-order valence-corrected chi connectivity index (χ3v) is 6.57. The highest BCUT2D eigenvalue weighted by atomic mass is 16.5. The molecule has 3 heterocycles. The number of carbonyl (C=O) groups is 2. The highest BCUT2D eigenvalue weighted by molar-refractivity contribution is 5.95. The predicted molar refractivity (Wildman–Crippen MR) is 112 cm³/mol. The Labute approximate surface area is 173 Å². The maximum Gasteiger partial charge on any atom is 0.260 e. The van der Waals surface area contributed by atoms with Gasteiger partial charge in [0.15, 0.2) is 6.61 Å². The van der Waals surface area contributed by atoms with Crippen molar-refractivity contribution in [1.82, 2.24) is 15.1 Å². The van der Waals surface area contributed by atoms with Crippen LogP contribution >= 0.6 is 0 Å². The number of hydrogen-bond donors (Lipinski definition) is 1. The van der Waals surface area contributed by atoms with Gasteiger partial charge in [0.05, 0.1) is 0 Å². The van der Waals surface area contributed by atoms with Crippen LogP contribution in [0.4, 0.5) is 0 Å². The molecule has 1 aromatic carbocycles. The van der Waals surface area contributed by atoms with Gasteiger partial charge >= 0.3 is 0 Å². The number of carbonyl (C=O) groups excluding carboxylic acids is 2. The van der Waals surface area contributed by atoms with E-state index < -0.39 is 0 Å². The summed E-state index contributed by atoms with van der Waals surface area (Å²) in [5, 5.41) is 3.63. The highest BCUT2D eigenvalue weighted by Gasteiger charge is 2.31. The second-order valence-corrected chi connectivity index (χ2v) is 8.85. The first kappa shape index (κ1) is 20.2. The Bertz CT molecular complexity index is 750. The van der Waals surface area contributed by atoms with Gasteiger partial charge in [0.25, 0.3) is 11.8 Å². The standard InChI is InChI=1S/C23H33N3O3/c1-16-12-18(23(28)26-11-8-19-6-7-20(14-26)24-19)13-17(2)22(16)29-15-21(27)25-9-4-3-5-10-25/h12-13,19-20,24H,3-11,14-15H2,1-2H3. The molecule has 3 fully saturated rings. The number of fused-ring (bicyclic) bond motifs is 2. The molecule has 0 aromatic heterocycles. The van der Waals surface area contributed by atoms with Gasteiger partial charge in [-0.3, -0.25) is 9.59 Å². The molecular formula is C23H33N3O3. The minimum atomic E-state index is 0.0516. The first-order valence-corrected chi connectivity index (χ1v) is 11.1. The molecule has 3 aliphatic heterocycles. The van der Waals surface area contributed by atoms with E-state index >= 15 is 0 Å². The highest BCUT2D eigenvalue weighted by Crippen LogP contribution is 2.27. The number of likely N-dealkylation sites (tertiary alicyclic amines) is 2. The molecule has 0 radical (unpaired) electrons. The van der Waals surface area contributed by atoms with E-state index in [1.54, 1.807) is 0 Å². The molecule has 29 heavy (non-hydrogen) atoms. The van der Waals surface area contributed by atoms with Crippen LogP contribution in [0.2, 0.25) is 0 Å². The molecule has 2 unspecified atom stereocenters. The van der Waals surface area contributed by atoms with Crippen LogP contribution in [0.5, 0.6) is 5.75 Å². The van der Waals surface area contributed by atoms with Crippen molar-refractivity contribution in [2.75, 3.05) is 32.8 Å². The summed E-state index contributed by atoms with van der Waals surface area (Å²) in [6.45, 7) is 7.24. The zero-order valence-corrected chi connectivity index (χ0v) is 17.7. The van der Waals surface area contributed by atoms with Gasteiger partial charge in [-0.1, -0.05) is 0 Å². The van der Waals surface area contributed by atoms with E-state index in [0.717, 1.165) is 68.7 Å². The summed E-state index contributed by atoms with van der Waals surface area (Å²) >= 11 is 0. The maximum absolute atomic E-state index is 13.1. The Balaban J connectivity index is 1.41. The molecule has 1 aromatic rings. The van der Waals surface area contributed by atoms with Gasteiger partial charge in [-0.15, -0.1) is 0 Å². The van der Waals surface area contributed by atoms with E-state index in [2.05, 4.69) is 5.32 Å². The van der Waals surface area contributed by atoms with Gasteiger partial charge < -0.3 is 19.9 Å². The van der Waals surface area contributed by atoms with Gasteiger partial charge in [-0.25, -0.2) is 0 Å². The third kappa shape index (κ3) is 4.58. The van der Waals surface area contributed by atoms with E-state index in [0.29, 0.717) is 17.6 Å². The van der Waals surface area contributed by atoms with Gasteiger partial charge in [0.2, 0.25) is 0 Å². The number of amides is 2. The summed E-state index contributed by atoms with van der Waals surface area (Å²) in [5.74, 6) is 0.876. The summed E-state index contributed by atoms with van der Waals surface area (Å²) < 4.78 is 5.90. The number of ether oxygens (including phenoxy) is 1. The molecular weight excluding hydrogens is 366 g/mol. The summed E-state index contributed by atoms with van der Waals surface area (Å²) in [5.41, 5.74) is 2.54. The number of nitrogens with one attached hydrogen (secondary N) is 1. The molecule has 6 heteroatoms. The third-order valence-electron chi connectivity index (χ3n) is 6.57. The lowest BCUT2D eigenvalue weighted by Crippen LogP contribution is -2.39. The average molecular weight is 400 g/mol.